The lowest BCUT2D eigenvalue weighted by Gasteiger charge is -2.08. The van der Waals surface area contributed by atoms with Crippen LogP contribution in [0, 0.1) is 0 Å². The van der Waals surface area contributed by atoms with Gasteiger partial charge in [-0.25, -0.2) is 4.79 Å². The summed E-state index contributed by atoms with van der Waals surface area (Å²) < 4.78 is 2.22. The normalized spacial score (nSPS) is 11.7. The van der Waals surface area contributed by atoms with Gasteiger partial charge in [-0.05, 0) is 42.9 Å². The Bertz CT molecular complexity index is 629. The minimum atomic E-state index is -0.869. The van der Waals surface area contributed by atoms with Crippen molar-refractivity contribution in [2.75, 3.05) is 0 Å². The minimum Gasteiger partial charge on any atom is -0.478 e. The molecule has 0 saturated carbocycles. The predicted octanol–water partition coefficient (Wildman–Crippen LogP) is 4.56. The van der Waals surface area contributed by atoms with E-state index in [4.69, 9.17) is 5.11 Å². The molecule has 1 aromatic carbocycles. The second-order valence-electron chi connectivity index (χ2n) is 5.55. The Labute approximate surface area is 124 Å². The number of hydrogen-bond donors (Lipinski definition) is 1. The van der Waals surface area contributed by atoms with Crippen LogP contribution in [0.5, 0.6) is 0 Å². The molecule has 0 unspecified atom stereocenters. The van der Waals surface area contributed by atoms with E-state index in [1.165, 1.54) is 5.56 Å². The van der Waals surface area contributed by atoms with Crippen LogP contribution in [-0.2, 0) is 5.75 Å². The van der Waals surface area contributed by atoms with Gasteiger partial charge in [0, 0.05) is 28.9 Å². The van der Waals surface area contributed by atoms with Crippen LogP contribution in [0.15, 0.2) is 24.4 Å². The fourth-order valence-electron chi connectivity index (χ4n) is 2.26. The van der Waals surface area contributed by atoms with Crippen molar-refractivity contribution < 1.29 is 9.90 Å². The molecule has 0 saturated heterocycles. The summed E-state index contributed by atoms with van der Waals surface area (Å²) in [7, 11) is 0. The van der Waals surface area contributed by atoms with Crippen molar-refractivity contribution in [3.05, 3.63) is 35.5 Å². The van der Waals surface area contributed by atoms with E-state index in [0.29, 0.717) is 16.9 Å². The topological polar surface area (TPSA) is 42.2 Å². The van der Waals surface area contributed by atoms with Gasteiger partial charge in [0.1, 0.15) is 0 Å². The van der Waals surface area contributed by atoms with Gasteiger partial charge in [-0.15, -0.1) is 0 Å². The summed E-state index contributed by atoms with van der Waals surface area (Å²) in [5, 5.41) is 10.8. The number of hydrogen-bond acceptors (Lipinski definition) is 2. The van der Waals surface area contributed by atoms with Crippen molar-refractivity contribution >= 4 is 28.6 Å². The van der Waals surface area contributed by atoms with E-state index in [2.05, 4.69) is 38.5 Å². The molecule has 0 aliphatic rings. The molecule has 20 heavy (non-hydrogen) atoms. The van der Waals surface area contributed by atoms with Crippen LogP contribution in [0.3, 0.4) is 0 Å². The van der Waals surface area contributed by atoms with Crippen LogP contribution in [0.4, 0.5) is 0 Å². The molecule has 1 heterocycles. The van der Waals surface area contributed by atoms with E-state index in [0.717, 1.165) is 16.7 Å². The zero-order valence-corrected chi connectivity index (χ0v) is 13.2. The summed E-state index contributed by atoms with van der Waals surface area (Å²) in [4.78, 5) is 11.2. The van der Waals surface area contributed by atoms with Crippen molar-refractivity contribution in [1.82, 2.24) is 4.57 Å². The Kier molecular flexibility index (Phi) is 4.43. The van der Waals surface area contributed by atoms with E-state index in [9.17, 15) is 4.79 Å². The molecule has 0 bridgehead atoms. The highest BCUT2D eigenvalue weighted by molar-refractivity contribution is 7.99. The lowest BCUT2D eigenvalue weighted by molar-refractivity contribution is 0.0697. The molecule has 3 nitrogen and oxygen atoms in total. The largest absolute Gasteiger partial charge is 0.478 e. The van der Waals surface area contributed by atoms with Gasteiger partial charge in [0.25, 0.3) is 0 Å². The highest BCUT2D eigenvalue weighted by atomic mass is 32.2. The number of carboxylic acids is 1. The van der Waals surface area contributed by atoms with Crippen LogP contribution in [0.2, 0.25) is 0 Å². The first kappa shape index (κ1) is 15.0. The number of benzene rings is 1. The average molecular weight is 291 g/mol. The number of nitrogens with zero attached hydrogens (tertiary/aromatic N) is 1. The fraction of sp³-hybridized carbons (Fsp3) is 0.438. The summed E-state index contributed by atoms with van der Waals surface area (Å²) >= 11 is 1.88. The summed E-state index contributed by atoms with van der Waals surface area (Å²) in [6, 6.07) is 5.77. The molecule has 0 aliphatic carbocycles. The van der Waals surface area contributed by atoms with E-state index in [1.807, 2.05) is 17.8 Å². The van der Waals surface area contributed by atoms with Gasteiger partial charge in [0.05, 0.1) is 5.56 Å². The predicted molar refractivity (Wildman–Crippen MR) is 85.7 cm³/mol. The third kappa shape index (κ3) is 3.01. The molecule has 0 atom stereocenters. The minimum absolute atomic E-state index is 0.356. The SMILES string of the molecule is CC(C)SCc1cn(C(C)C)c2ccc(C(=O)O)cc12. The van der Waals surface area contributed by atoms with Gasteiger partial charge in [-0.1, -0.05) is 13.8 Å². The summed E-state index contributed by atoms with van der Waals surface area (Å²) in [5.74, 6) is 0.0448. The van der Waals surface area contributed by atoms with Crippen LogP contribution >= 0.6 is 11.8 Å². The van der Waals surface area contributed by atoms with Crippen molar-refractivity contribution in [2.45, 2.75) is 44.7 Å². The second-order valence-corrected chi connectivity index (χ2v) is 7.12. The Hall–Kier alpha value is -1.42. The molecule has 0 radical (unpaired) electrons. The van der Waals surface area contributed by atoms with Crippen molar-refractivity contribution in [1.29, 1.82) is 0 Å². The number of carboxylic acid groups (broad SMARTS) is 1. The Morgan fingerprint density at radius 3 is 2.55 bits per heavy atom. The first-order chi connectivity index (χ1) is 9.40. The van der Waals surface area contributed by atoms with E-state index >= 15 is 0 Å². The van der Waals surface area contributed by atoms with Crippen LogP contribution in [0.25, 0.3) is 10.9 Å². The standard InChI is InChI=1S/C16H21NO2S/c1-10(2)17-8-13(9-20-11(3)4)14-7-12(16(18)19)5-6-15(14)17/h5-8,10-11H,9H2,1-4H3,(H,18,19). The molecular formula is C16H21NO2S. The first-order valence-corrected chi connectivity index (χ1v) is 7.93. The molecule has 108 valence electrons. The highest BCUT2D eigenvalue weighted by Crippen LogP contribution is 2.29. The number of thioether (sulfide) groups is 1. The lowest BCUT2D eigenvalue weighted by atomic mass is 10.1. The quantitative estimate of drug-likeness (QED) is 0.878. The van der Waals surface area contributed by atoms with Crippen molar-refractivity contribution in [3.63, 3.8) is 0 Å². The van der Waals surface area contributed by atoms with Gasteiger partial charge in [0.2, 0.25) is 0 Å². The number of fused-ring (bicyclic) bond motifs is 1. The Morgan fingerprint density at radius 1 is 1.30 bits per heavy atom. The molecule has 4 heteroatoms. The molecule has 2 rings (SSSR count). The van der Waals surface area contributed by atoms with Gasteiger partial charge in [-0.2, -0.15) is 11.8 Å². The first-order valence-electron chi connectivity index (χ1n) is 6.88. The molecular weight excluding hydrogens is 270 g/mol. The van der Waals surface area contributed by atoms with Gasteiger partial charge >= 0.3 is 5.97 Å². The lowest BCUT2D eigenvalue weighted by Crippen LogP contribution is -1.99. The molecule has 0 aliphatic heterocycles. The van der Waals surface area contributed by atoms with E-state index in [-0.39, 0.29) is 0 Å². The molecule has 0 spiro atoms. The fourth-order valence-corrected chi connectivity index (χ4v) is 3.00. The number of rotatable bonds is 5. The third-order valence-electron chi connectivity index (χ3n) is 3.29. The number of aromatic nitrogens is 1. The number of carbonyl (C=O) groups is 1. The monoisotopic (exact) mass is 291 g/mol. The van der Waals surface area contributed by atoms with Crippen LogP contribution in [0.1, 0.15) is 49.7 Å². The molecule has 0 amide bonds. The van der Waals surface area contributed by atoms with Crippen LogP contribution < -0.4 is 0 Å². The maximum atomic E-state index is 11.2. The highest BCUT2D eigenvalue weighted by Gasteiger charge is 2.13. The second kappa shape index (κ2) is 5.92. The molecule has 1 aromatic heterocycles. The summed E-state index contributed by atoms with van der Waals surface area (Å²) in [6.07, 6.45) is 2.16. The third-order valence-corrected chi connectivity index (χ3v) is 4.44. The molecule has 0 fully saturated rings. The molecule has 2 aromatic rings. The maximum Gasteiger partial charge on any atom is 0.335 e. The maximum absolute atomic E-state index is 11.2. The van der Waals surface area contributed by atoms with Crippen molar-refractivity contribution in [3.8, 4) is 0 Å². The Morgan fingerprint density at radius 2 is 2.00 bits per heavy atom. The van der Waals surface area contributed by atoms with Crippen molar-refractivity contribution in [2.24, 2.45) is 0 Å². The molecule has 1 N–H and O–H groups in total. The van der Waals surface area contributed by atoms with Gasteiger partial charge in [-0.3, -0.25) is 0 Å². The van der Waals surface area contributed by atoms with E-state index in [1.54, 1.807) is 12.1 Å². The van der Waals surface area contributed by atoms with Gasteiger partial charge < -0.3 is 9.67 Å². The Balaban J connectivity index is 2.53. The number of aromatic carboxylic acids is 1. The zero-order chi connectivity index (χ0) is 14.9. The van der Waals surface area contributed by atoms with Crippen LogP contribution in [-0.4, -0.2) is 20.9 Å². The van der Waals surface area contributed by atoms with E-state index < -0.39 is 5.97 Å². The zero-order valence-electron chi connectivity index (χ0n) is 12.4. The average Bonchev–Trinajstić information content (AvgIpc) is 2.74. The summed E-state index contributed by atoms with van der Waals surface area (Å²) in [6.45, 7) is 8.64. The smallest absolute Gasteiger partial charge is 0.335 e. The summed E-state index contributed by atoms with van der Waals surface area (Å²) in [5.41, 5.74) is 2.69. The van der Waals surface area contributed by atoms with Gasteiger partial charge in [0.15, 0.2) is 0 Å².